The van der Waals surface area contributed by atoms with Gasteiger partial charge in [-0.2, -0.15) is 0 Å². The molecule has 110 valence electrons. The lowest BCUT2D eigenvalue weighted by molar-refractivity contribution is 0.0697. The molecule has 0 unspecified atom stereocenters. The van der Waals surface area contributed by atoms with Crippen molar-refractivity contribution >= 4 is 34.8 Å². The number of rotatable bonds is 4. The third kappa shape index (κ3) is 2.84. The van der Waals surface area contributed by atoms with Crippen LogP contribution >= 0.6 is 11.5 Å². The minimum Gasteiger partial charge on any atom is -0.478 e. The average molecular weight is 306 g/mol. The molecule has 0 aliphatic heterocycles. The molecule has 1 aromatic heterocycles. The molecule has 7 nitrogen and oxygen atoms in total. The molecule has 0 spiro atoms. The Bertz CT molecular complexity index is 698. The van der Waals surface area contributed by atoms with Crippen molar-refractivity contribution in [3.8, 4) is 0 Å². The van der Waals surface area contributed by atoms with Crippen LogP contribution in [0.3, 0.4) is 0 Å². The second-order valence-corrected chi connectivity index (χ2v) is 5.07. The second-order valence-electron chi connectivity index (χ2n) is 4.32. The summed E-state index contributed by atoms with van der Waals surface area (Å²) in [6.07, 6.45) is 0. The minimum absolute atomic E-state index is 0.0791. The molecule has 1 heterocycles. The number of carboxylic acid groups (broad SMARTS) is 1. The summed E-state index contributed by atoms with van der Waals surface area (Å²) < 4.78 is 3.75. The normalized spacial score (nSPS) is 10.4. The summed E-state index contributed by atoms with van der Waals surface area (Å²) in [5.74, 6) is -1.31. The van der Waals surface area contributed by atoms with Crippen molar-refractivity contribution in [2.75, 3.05) is 17.2 Å². The first-order chi connectivity index (χ1) is 9.95. The first-order valence-corrected chi connectivity index (χ1v) is 6.96. The highest BCUT2D eigenvalue weighted by molar-refractivity contribution is 7.08. The summed E-state index contributed by atoms with van der Waals surface area (Å²) in [5, 5.41) is 12.8. The van der Waals surface area contributed by atoms with Gasteiger partial charge in [0.25, 0.3) is 5.91 Å². The second kappa shape index (κ2) is 5.88. The van der Waals surface area contributed by atoms with Gasteiger partial charge in [0.15, 0.2) is 0 Å². The van der Waals surface area contributed by atoms with Gasteiger partial charge in [-0.25, -0.2) is 4.79 Å². The van der Waals surface area contributed by atoms with Crippen molar-refractivity contribution in [1.82, 2.24) is 9.59 Å². The Hall–Kier alpha value is -2.48. The molecule has 0 aliphatic rings. The number of nitrogens with two attached hydrogens (primary N) is 1. The number of hydrogen-bond acceptors (Lipinski definition) is 6. The van der Waals surface area contributed by atoms with Crippen LogP contribution in [0.1, 0.15) is 32.6 Å². The van der Waals surface area contributed by atoms with Gasteiger partial charge >= 0.3 is 5.97 Å². The van der Waals surface area contributed by atoms with E-state index in [-0.39, 0.29) is 17.2 Å². The number of nitrogens with zero attached hydrogens (tertiary/aromatic N) is 3. The molecule has 1 aromatic carbocycles. The van der Waals surface area contributed by atoms with Gasteiger partial charge in [-0.3, -0.25) is 4.79 Å². The molecule has 8 heteroatoms. The lowest BCUT2D eigenvalue weighted by atomic mass is 10.1. The standard InChI is InChI=1S/C13H14N4O3S/c1-3-17(12(18)11-7(2)15-16-21-11)10-5-4-8(13(19)20)6-9(10)14/h4-6H,3,14H2,1-2H3,(H,19,20). The van der Waals surface area contributed by atoms with Crippen molar-refractivity contribution < 1.29 is 14.7 Å². The molecule has 0 bridgehead atoms. The number of aromatic carboxylic acids is 1. The van der Waals surface area contributed by atoms with Crippen LogP contribution in [0.2, 0.25) is 0 Å². The maximum Gasteiger partial charge on any atom is 0.335 e. The van der Waals surface area contributed by atoms with Gasteiger partial charge in [0, 0.05) is 6.54 Å². The van der Waals surface area contributed by atoms with E-state index in [4.69, 9.17) is 10.8 Å². The summed E-state index contributed by atoms with van der Waals surface area (Å²) >= 11 is 1.02. The highest BCUT2D eigenvalue weighted by atomic mass is 32.1. The molecule has 21 heavy (non-hydrogen) atoms. The van der Waals surface area contributed by atoms with Crippen LogP contribution in [0.25, 0.3) is 0 Å². The van der Waals surface area contributed by atoms with Gasteiger partial charge in [0.2, 0.25) is 0 Å². The zero-order valence-electron chi connectivity index (χ0n) is 11.5. The van der Waals surface area contributed by atoms with E-state index in [1.54, 1.807) is 6.92 Å². The van der Waals surface area contributed by atoms with Gasteiger partial charge in [0.1, 0.15) is 4.88 Å². The van der Waals surface area contributed by atoms with Crippen LogP contribution < -0.4 is 10.6 Å². The first-order valence-electron chi connectivity index (χ1n) is 6.19. The summed E-state index contributed by atoms with van der Waals surface area (Å²) in [7, 11) is 0. The number of carbonyl (C=O) groups excluding carboxylic acids is 1. The molecular weight excluding hydrogens is 292 g/mol. The Balaban J connectivity index is 2.40. The van der Waals surface area contributed by atoms with Crippen LogP contribution in [-0.2, 0) is 0 Å². The molecule has 3 N–H and O–H groups in total. The molecule has 0 fully saturated rings. The summed E-state index contributed by atoms with van der Waals surface area (Å²) in [6.45, 7) is 3.92. The summed E-state index contributed by atoms with van der Waals surface area (Å²) in [4.78, 5) is 25.4. The van der Waals surface area contributed by atoms with E-state index in [2.05, 4.69) is 9.59 Å². The molecule has 0 saturated heterocycles. The number of nitrogen functional groups attached to an aromatic ring is 1. The Morgan fingerprint density at radius 2 is 2.14 bits per heavy atom. The SMILES string of the molecule is CCN(C(=O)c1snnc1C)c1ccc(C(=O)O)cc1N. The molecule has 0 atom stereocenters. The Kier molecular flexibility index (Phi) is 4.18. The number of carboxylic acids is 1. The third-order valence-electron chi connectivity index (χ3n) is 2.97. The van der Waals surface area contributed by atoms with Crippen molar-refractivity contribution in [3.63, 3.8) is 0 Å². The number of aromatic nitrogens is 2. The quantitative estimate of drug-likeness (QED) is 0.833. The fourth-order valence-corrected chi connectivity index (χ4v) is 2.51. The Morgan fingerprint density at radius 3 is 2.62 bits per heavy atom. The average Bonchev–Trinajstić information content (AvgIpc) is 2.87. The van der Waals surface area contributed by atoms with Crippen LogP contribution in [0.5, 0.6) is 0 Å². The van der Waals surface area contributed by atoms with Gasteiger partial charge in [-0.05, 0) is 43.6 Å². The fourth-order valence-electron chi connectivity index (χ4n) is 1.91. The Morgan fingerprint density at radius 1 is 1.43 bits per heavy atom. The molecular formula is C13H14N4O3S. The van der Waals surface area contributed by atoms with Crippen molar-refractivity contribution in [2.24, 2.45) is 0 Å². The van der Waals surface area contributed by atoms with Crippen LogP contribution in [0, 0.1) is 6.92 Å². The van der Waals surface area contributed by atoms with Crippen LogP contribution in [0.4, 0.5) is 11.4 Å². The maximum atomic E-state index is 12.5. The molecule has 0 radical (unpaired) electrons. The third-order valence-corrected chi connectivity index (χ3v) is 3.79. The van der Waals surface area contributed by atoms with Crippen LogP contribution in [-0.4, -0.2) is 33.1 Å². The van der Waals surface area contributed by atoms with Crippen molar-refractivity contribution in [2.45, 2.75) is 13.8 Å². The van der Waals surface area contributed by atoms with E-state index in [9.17, 15) is 9.59 Å². The number of amides is 1. The van der Waals surface area contributed by atoms with E-state index < -0.39 is 5.97 Å². The highest BCUT2D eigenvalue weighted by Gasteiger charge is 2.22. The summed E-state index contributed by atoms with van der Waals surface area (Å²) in [5.41, 5.74) is 7.23. The molecule has 0 aliphatic carbocycles. The molecule has 2 rings (SSSR count). The highest BCUT2D eigenvalue weighted by Crippen LogP contribution is 2.27. The number of carbonyl (C=O) groups is 2. The monoisotopic (exact) mass is 306 g/mol. The van der Waals surface area contributed by atoms with Gasteiger partial charge in [-0.15, -0.1) is 5.10 Å². The van der Waals surface area contributed by atoms with Gasteiger partial charge in [0.05, 0.1) is 22.6 Å². The molecule has 0 saturated carbocycles. The minimum atomic E-state index is -1.06. The number of aryl methyl sites for hydroxylation is 1. The van der Waals surface area contributed by atoms with E-state index in [0.29, 0.717) is 22.8 Å². The predicted molar refractivity (Wildman–Crippen MR) is 79.8 cm³/mol. The lowest BCUT2D eigenvalue weighted by Crippen LogP contribution is -2.31. The van der Waals surface area contributed by atoms with E-state index >= 15 is 0 Å². The Labute approximate surface area is 125 Å². The zero-order chi connectivity index (χ0) is 15.6. The first kappa shape index (κ1) is 14.9. The summed E-state index contributed by atoms with van der Waals surface area (Å²) in [6, 6.07) is 4.29. The van der Waals surface area contributed by atoms with E-state index in [1.807, 2.05) is 6.92 Å². The van der Waals surface area contributed by atoms with Crippen molar-refractivity contribution in [3.05, 3.63) is 34.3 Å². The van der Waals surface area contributed by atoms with E-state index in [0.717, 1.165) is 11.5 Å². The largest absolute Gasteiger partial charge is 0.478 e. The predicted octanol–water partition coefficient (Wildman–Crippen LogP) is 1.79. The van der Waals surface area contributed by atoms with E-state index in [1.165, 1.54) is 23.1 Å². The van der Waals surface area contributed by atoms with Gasteiger partial charge < -0.3 is 15.7 Å². The molecule has 2 aromatic rings. The number of hydrogen-bond donors (Lipinski definition) is 2. The number of anilines is 2. The molecule has 1 amide bonds. The van der Waals surface area contributed by atoms with Crippen molar-refractivity contribution in [1.29, 1.82) is 0 Å². The smallest absolute Gasteiger partial charge is 0.335 e. The lowest BCUT2D eigenvalue weighted by Gasteiger charge is -2.22. The fraction of sp³-hybridized carbons (Fsp3) is 0.231. The topological polar surface area (TPSA) is 109 Å². The zero-order valence-corrected chi connectivity index (χ0v) is 12.3. The maximum absolute atomic E-state index is 12.5. The van der Waals surface area contributed by atoms with Gasteiger partial charge in [-0.1, -0.05) is 4.49 Å². The van der Waals surface area contributed by atoms with Crippen LogP contribution in [0.15, 0.2) is 18.2 Å². The number of benzene rings is 1.